The Hall–Kier alpha value is -1.75. The summed E-state index contributed by atoms with van der Waals surface area (Å²) in [7, 11) is 0. The summed E-state index contributed by atoms with van der Waals surface area (Å²) in [6, 6.07) is 8.03. The molecule has 5 heteroatoms. The standard InChI is InChI=1S/C14H13BrN2O2/c15-11-7-17(8-12(16)14(11)18)6-10-5-9-3-1-2-4-13(9)19-10/h1-4,7-8,10H,5-6,16H2. The molecule has 0 radical (unpaired) electrons. The molecule has 1 atom stereocenters. The largest absolute Gasteiger partial charge is 0.488 e. The van der Waals surface area contributed by atoms with Gasteiger partial charge in [-0.3, -0.25) is 4.79 Å². The molecule has 98 valence electrons. The molecule has 1 unspecified atom stereocenters. The van der Waals surface area contributed by atoms with Gasteiger partial charge in [0.2, 0.25) is 5.43 Å². The first-order chi connectivity index (χ1) is 9.13. The Morgan fingerprint density at radius 3 is 2.89 bits per heavy atom. The summed E-state index contributed by atoms with van der Waals surface area (Å²) < 4.78 is 8.23. The Labute approximate surface area is 118 Å². The predicted octanol–water partition coefficient (Wildman–Crippen LogP) is 2.20. The molecule has 3 rings (SSSR count). The first-order valence-corrected chi connectivity index (χ1v) is 6.82. The molecule has 0 spiro atoms. The van der Waals surface area contributed by atoms with Gasteiger partial charge in [0, 0.05) is 18.8 Å². The van der Waals surface area contributed by atoms with Crippen molar-refractivity contribution in [3.8, 4) is 5.75 Å². The zero-order valence-electron chi connectivity index (χ0n) is 10.2. The monoisotopic (exact) mass is 320 g/mol. The van der Waals surface area contributed by atoms with E-state index in [-0.39, 0.29) is 17.2 Å². The number of benzene rings is 1. The minimum atomic E-state index is -0.174. The van der Waals surface area contributed by atoms with E-state index in [1.54, 1.807) is 12.4 Å². The molecule has 1 aromatic heterocycles. The van der Waals surface area contributed by atoms with E-state index in [9.17, 15) is 4.79 Å². The van der Waals surface area contributed by atoms with E-state index in [1.165, 1.54) is 5.56 Å². The van der Waals surface area contributed by atoms with Crippen LogP contribution in [0, 0.1) is 0 Å². The van der Waals surface area contributed by atoms with Crippen molar-refractivity contribution in [3.63, 3.8) is 0 Å². The average Bonchev–Trinajstić information content (AvgIpc) is 2.78. The van der Waals surface area contributed by atoms with E-state index in [4.69, 9.17) is 10.5 Å². The number of anilines is 1. The van der Waals surface area contributed by atoms with Crippen LogP contribution in [0.5, 0.6) is 5.75 Å². The number of hydrogen-bond donors (Lipinski definition) is 1. The average molecular weight is 321 g/mol. The van der Waals surface area contributed by atoms with Crippen LogP contribution < -0.4 is 15.9 Å². The summed E-state index contributed by atoms with van der Waals surface area (Å²) in [4.78, 5) is 11.5. The van der Waals surface area contributed by atoms with E-state index in [2.05, 4.69) is 22.0 Å². The molecular formula is C14H13BrN2O2. The maximum atomic E-state index is 11.5. The van der Waals surface area contributed by atoms with Crippen LogP contribution >= 0.6 is 15.9 Å². The van der Waals surface area contributed by atoms with Crippen molar-refractivity contribution in [2.24, 2.45) is 0 Å². The van der Waals surface area contributed by atoms with E-state index in [1.807, 2.05) is 22.8 Å². The van der Waals surface area contributed by atoms with Crippen molar-refractivity contribution in [1.82, 2.24) is 4.57 Å². The van der Waals surface area contributed by atoms with E-state index < -0.39 is 0 Å². The maximum Gasteiger partial charge on any atom is 0.218 e. The molecule has 19 heavy (non-hydrogen) atoms. The molecule has 1 aliphatic heterocycles. The van der Waals surface area contributed by atoms with Gasteiger partial charge in [0.05, 0.1) is 16.7 Å². The van der Waals surface area contributed by atoms with Gasteiger partial charge in [-0.1, -0.05) is 18.2 Å². The smallest absolute Gasteiger partial charge is 0.218 e. The number of rotatable bonds is 2. The molecule has 0 amide bonds. The summed E-state index contributed by atoms with van der Waals surface area (Å²) in [5.74, 6) is 0.945. The van der Waals surface area contributed by atoms with Gasteiger partial charge in [-0.05, 0) is 27.6 Å². The topological polar surface area (TPSA) is 57.2 Å². The van der Waals surface area contributed by atoms with Gasteiger partial charge in [0.15, 0.2) is 0 Å². The van der Waals surface area contributed by atoms with Crippen LogP contribution in [0.4, 0.5) is 5.69 Å². The SMILES string of the molecule is Nc1cn(CC2Cc3ccccc3O2)cc(Br)c1=O. The quantitative estimate of drug-likeness (QED) is 0.922. The lowest BCUT2D eigenvalue weighted by Crippen LogP contribution is -2.22. The molecule has 0 saturated carbocycles. The van der Waals surface area contributed by atoms with Gasteiger partial charge in [0.25, 0.3) is 0 Å². The molecule has 0 fully saturated rings. The molecule has 1 aromatic carbocycles. The van der Waals surface area contributed by atoms with Gasteiger partial charge < -0.3 is 15.0 Å². The summed E-state index contributed by atoms with van der Waals surface area (Å²) in [6.07, 6.45) is 4.34. The fourth-order valence-corrected chi connectivity index (χ4v) is 2.80. The highest BCUT2D eigenvalue weighted by molar-refractivity contribution is 9.10. The van der Waals surface area contributed by atoms with Gasteiger partial charge >= 0.3 is 0 Å². The number of hydrogen-bond acceptors (Lipinski definition) is 3. The Kier molecular flexibility index (Phi) is 3.06. The van der Waals surface area contributed by atoms with Crippen molar-refractivity contribution in [2.45, 2.75) is 19.1 Å². The van der Waals surface area contributed by atoms with Crippen LogP contribution in [0.2, 0.25) is 0 Å². The lowest BCUT2D eigenvalue weighted by atomic mass is 10.1. The first kappa shape index (κ1) is 12.3. The third kappa shape index (κ3) is 2.38. The van der Waals surface area contributed by atoms with Crippen LogP contribution in [0.1, 0.15) is 5.56 Å². The minimum Gasteiger partial charge on any atom is -0.488 e. The van der Waals surface area contributed by atoms with Gasteiger partial charge in [-0.2, -0.15) is 0 Å². The van der Waals surface area contributed by atoms with E-state index >= 15 is 0 Å². The molecule has 2 N–H and O–H groups in total. The normalized spacial score (nSPS) is 17.0. The van der Waals surface area contributed by atoms with Crippen LogP contribution in [0.15, 0.2) is 45.9 Å². The summed E-state index contributed by atoms with van der Waals surface area (Å²) in [5, 5.41) is 0. The van der Waals surface area contributed by atoms with Gasteiger partial charge in [-0.25, -0.2) is 0 Å². The number of nitrogen functional groups attached to an aromatic ring is 1. The number of ether oxygens (including phenoxy) is 1. The molecule has 4 nitrogen and oxygen atoms in total. The highest BCUT2D eigenvalue weighted by atomic mass is 79.9. The maximum absolute atomic E-state index is 11.5. The zero-order valence-corrected chi connectivity index (χ0v) is 11.8. The number of nitrogens with two attached hydrogens (primary N) is 1. The molecule has 0 saturated heterocycles. The fourth-order valence-electron chi connectivity index (χ4n) is 2.31. The van der Waals surface area contributed by atoms with E-state index in [0.717, 1.165) is 12.2 Å². The summed E-state index contributed by atoms with van der Waals surface area (Å²) in [6.45, 7) is 0.664. The zero-order chi connectivity index (χ0) is 13.4. The fraction of sp³-hybridized carbons (Fsp3) is 0.214. The lowest BCUT2D eigenvalue weighted by Gasteiger charge is -2.14. The van der Waals surface area contributed by atoms with Gasteiger partial charge in [-0.15, -0.1) is 0 Å². The van der Waals surface area contributed by atoms with Crippen LogP contribution in [-0.4, -0.2) is 10.7 Å². The van der Waals surface area contributed by atoms with Crippen LogP contribution in [0.25, 0.3) is 0 Å². The van der Waals surface area contributed by atoms with Crippen LogP contribution in [0.3, 0.4) is 0 Å². The number of fused-ring (bicyclic) bond motifs is 1. The second-order valence-electron chi connectivity index (χ2n) is 4.64. The minimum absolute atomic E-state index is 0.0752. The lowest BCUT2D eigenvalue weighted by molar-refractivity contribution is 0.209. The third-order valence-electron chi connectivity index (χ3n) is 3.19. The molecule has 0 aliphatic carbocycles. The third-order valence-corrected chi connectivity index (χ3v) is 3.76. The highest BCUT2D eigenvalue weighted by Gasteiger charge is 2.22. The predicted molar refractivity (Wildman–Crippen MR) is 77.4 cm³/mol. The second-order valence-corrected chi connectivity index (χ2v) is 5.49. The Bertz CT molecular complexity index is 630. The molecule has 2 heterocycles. The van der Waals surface area contributed by atoms with E-state index in [0.29, 0.717) is 11.0 Å². The number of pyridine rings is 1. The Morgan fingerprint density at radius 1 is 1.37 bits per heavy atom. The molecule has 2 aromatic rings. The first-order valence-electron chi connectivity index (χ1n) is 6.03. The molecule has 0 bridgehead atoms. The molecular weight excluding hydrogens is 308 g/mol. The number of para-hydroxylation sites is 1. The number of aromatic nitrogens is 1. The number of halogens is 1. The van der Waals surface area contributed by atoms with Crippen molar-refractivity contribution in [3.05, 3.63) is 56.9 Å². The number of nitrogens with zero attached hydrogens (tertiary/aromatic N) is 1. The molecule has 1 aliphatic rings. The summed E-state index contributed by atoms with van der Waals surface area (Å²) in [5.41, 5.74) is 6.96. The van der Waals surface area contributed by atoms with Crippen molar-refractivity contribution >= 4 is 21.6 Å². The highest BCUT2D eigenvalue weighted by Crippen LogP contribution is 2.28. The van der Waals surface area contributed by atoms with Crippen LogP contribution in [-0.2, 0) is 13.0 Å². The Balaban J connectivity index is 1.80. The van der Waals surface area contributed by atoms with Gasteiger partial charge in [0.1, 0.15) is 11.9 Å². The second kappa shape index (κ2) is 4.74. The van der Waals surface area contributed by atoms with Crippen molar-refractivity contribution < 1.29 is 4.74 Å². The van der Waals surface area contributed by atoms with Crippen molar-refractivity contribution in [2.75, 3.05) is 5.73 Å². The Morgan fingerprint density at radius 2 is 2.16 bits per heavy atom. The van der Waals surface area contributed by atoms with Crippen molar-refractivity contribution in [1.29, 1.82) is 0 Å². The summed E-state index contributed by atoms with van der Waals surface area (Å²) >= 11 is 3.22.